The van der Waals surface area contributed by atoms with Crippen molar-refractivity contribution >= 4 is 17.4 Å². The van der Waals surface area contributed by atoms with Gasteiger partial charge in [0.2, 0.25) is 5.91 Å². The van der Waals surface area contributed by atoms with Crippen LogP contribution in [0.5, 0.6) is 0 Å². The molecule has 1 aliphatic rings. The Hall–Kier alpha value is -3.64. The van der Waals surface area contributed by atoms with Gasteiger partial charge in [0.25, 0.3) is 0 Å². The third-order valence-electron chi connectivity index (χ3n) is 5.35. The van der Waals surface area contributed by atoms with Gasteiger partial charge in [0.1, 0.15) is 0 Å². The number of piperidine rings is 1. The number of hydrogen-bond acceptors (Lipinski definition) is 5. The molecule has 13 heteroatoms. The van der Waals surface area contributed by atoms with Crippen LogP contribution < -0.4 is 10.2 Å². The molecule has 3 aromatic rings. The molecule has 7 nitrogen and oxygen atoms in total. The van der Waals surface area contributed by atoms with Crippen molar-refractivity contribution in [3.8, 4) is 5.82 Å². The number of rotatable bonds is 4. The molecule has 0 bridgehead atoms. The van der Waals surface area contributed by atoms with E-state index in [-0.39, 0.29) is 12.6 Å². The second-order valence-corrected chi connectivity index (χ2v) is 7.77. The first-order valence-electron chi connectivity index (χ1n) is 10.2. The Bertz CT molecular complexity index is 1110. The molecular weight excluding hydrogens is 466 g/mol. The maximum absolute atomic E-state index is 13.1. The largest absolute Gasteiger partial charge is 0.416 e. The summed E-state index contributed by atoms with van der Waals surface area (Å²) in [6, 6.07) is 6.13. The Labute approximate surface area is 189 Å². The molecule has 180 valence electrons. The molecule has 1 atom stereocenters. The van der Waals surface area contributed by atoms with Crippen molar-refractivity contribution in [3.05, 3.63) is 59.9 Å². The quantitative estimate of drug-likeness (QED) is 0.550. The third-order valence-corrected chi connectivity index (χ3v) is 5.35. The van der Waals surface area contributed by atoms with Crippen LogP contribution in [0.2, 0.25) is 0 Å². The van der Waals surface area contributed by atoms with E-state index in [1.54, 1.807) is 35.5 Å². The molecule has 0 radical (unpaired) electrons. The summed E-state index contributed by atoms with van der Waals surface area (Å²) in [5.41, 5.74) is -3.54. The van der Waals surface area contributed by atoms with Gasteiger partial charge in [-0.1, -0.05) is 0 Å². The predicted molar refractivity (Wildman–Crippen MR) is 109 cm³/mol. The molecule has 0 unspecified atom stereocenters. The van der Waals surface area contributed by atoms with Gasteiger partial charge in [0.05, 0.1) is 17.0 Å². The van der Waals surface area contributed by atoms with E-state index in [2.05, 4.69) is 20.6 Å². The normalized spacial score (nSPS) is 17.0. The average molecular weight is 484 g/mol. The van der Waals surface area contributed by atoms with Gasteiger partial charge in [-0.25, -0.2) is 4.68 Å². The summed E-state index contributed by atoms with van der Waals surface area (Å²) in [4.78, 5) is 14.5. The first-order valence-corrected chi connectivity index (χ1v) is 10.2. The molecule has 1 aliphatic heterocycles. The summed E-state index contributed by atoms with van der Waals surface area (Å²) in [7, 11) is 0. The maximum Gasteiger partial charge on any atom is 0.416 e. The van der Waals surface area contributed by atoms with Crippen LogP contribution >= 0.6 is 0 Å². The van der Waals surface area contributed by atoms with Gasteiger partial charge >= 0.3 is 12.4 Å². The molecule has 0 saturated carbocycles. The molecular formula is C21H18F6N6O. The summed E-state index contributed by atoms with van der Waals surface area (Å²) in [5.74, 6) is -0.347. The number of amides is 1. The van der Waals surface area contributed by atoms with Crippen molar-refractivity contribution in [3.63, 3.8) is 0 Å². The molecule has 34 heavy (non-hydrogen) atoms. The highest BCUT2D eigenvalue weighted by Crippen LogP contribution is 2.37. The van der Waals surface area contributed by atoms with E-state index < -0.39 is 41.0 Å². The minimum atomic E-state index is -5.00. The minimum Gasteiger partial charge on any atom is -0.354 e. The van der Waals surface area contributed by atoms with E-state index in [9.17, 15) is 31.1 Å². The average Bonchev–Trinajstić information content (AvgIpc) is 3.33. The van der Waals surface area contributed by atoms with Gasteiger partial charge in [-0.15, -0.1) is 10.2 Å². The molecule has 3 heterocycles. The number of alkyl halides is 6. The van der Waals surface area contributed by atoms with Gasteiger partial charge in [0.15, 0.2) is 11.6 Å². The second-order valence-electron chi connectivity index (χ2n) is 7.77. The van der Waals surface area contributed by atoms with E-state index in [0.717, 1.165) is 0 Å². The van der Waals surface area contributed by atoms with Crippen molar-refractivity contribution < 1.29 is 31.1 Å². The van der Waals surface area contributed by atoms with Crippen LogP contribution in [0.15, 0.2) is 48.8 Å². The number of aromatic nitrogens is 4. The molecule has 1 N–H and O–H groups in total. The van der Waals surface area contributed by atoms with Crippen molar-refractivity contribution in [1.29, 1.82) is 0 Å². The van der Waals surface area contributed by atoms with Gasteiger partial charge in [-0.2, -0.15) is 31.4 Å². The predicted octanol–water partition coefficient (Wildman–Crippen LogP) is 4.56. The van der Waals surface area contributed by atoms with E-state index in [1.807, 2.05) is 0 Å². The highest BCUT2D eigenvalue weighted by atomic mass is 19.4. The number of halogens is 6. The summed E-state index contributed by atoms with van der Waals surface area (Å²) in [6.07, 6.45) is -5.70. The van der Waals surface area contributed by atoms with E-state index in [1.165, 1.54) is 4.68 Å². The van der Waals surface area contributed by atoms with Crippen molar-refractivity contribution in [2.24, 2.45) is 5.92 Å². The summed E-state index contributed by atoms with van der Waals surface area (Å²) >= 11 is 0. The highest BCUT2D eigenvalue weighted by molar-refractivity contribution is 5.93. The Balaban J connectivity index is 1.48. The van der Waals surface area contributed by atoms with Crippen LogP contribution in [0.3, 0.4) is 0 Å². The minimum absolute atomic E-state index is 0.0174. The lowest BCUT2D eigenvalue weighted by atomic mass is 9.96. The van der Waals surface area contributed by atoms with Gasteiger partial charge in [0, 0.05) is 31.2 Å². The van der Waals surface area contributed by atoms with Gasteiger partial charge < -0.3 is 10.2 Å². The topological polar surface area (TPSA) is 75.9 Å². The Morgan fingerprint density at radius 2 is 1.62 bits per heavy atom. The molecule has 1 fully saturated rings. The van der Waals surface area contributed by atoms with Crippen LogP contribution in [-0.2, 0) is 17.1 Å². The van der Waals surface area contributed by atoms with Gasteiger partial charge in [-0.05, 0) is 49.2 Å². The number of carbonyl (C=O) groups is 1. The van der Waals surface area contributed by atoms with Crippen LogP contribution in [0.25, 0.3) is 5.82 Å². The zero-order chi connectivity index (χ0) is 24.5. The fourth-order valence-corrected chi connectivity index (χ4v) is 3.68. The SMILES string of the molecule is O=C(Nc1cc(C(F)(F)F)cc(C(F)(F)F)c1)[C@@H]1CCCN(c2ccc(-n3cccn3)nn2)C1. The summed E-state index contributed by atoms with van der Waals surface area (Å²) in [5, 5.41) is 14.5. The fourth-order valence-electron chi connectivity index (χ4n) is 3.68. The maximum atomic E-state index is 13.1. The molecule has 1 aromatic carbocycles. The van der Waals surface area contributed by atoms with Crippen LogP contribution in [0.4, 0.5) is 37.8 Å². The lowest BCUT2D eigenvalue weighted by molar-refractivity contribution is -0.143. The molecule has 0 aliphatic carbocycles. The highest BCUT2D eigenvalue weighted by Gasteiger charge is 2.37. The Kier molecular flexibility index (Phi) is 6.19. The summed E-state index contributed by atoms with van der Waals surface area (Å²) in [6.45, 7) is 0.758. The van der Waals surface area contributed by atoms with Crippen LogP contribution in [0, 0.1) is 5.92 Å². The number of nitrogens with zero attached hydrogens (tertiary/aromatic N) is 5. The Morgan fingerprint density at radius 1 is 0.971 bits per heavy atom. The van der Waals surface area contributed by atoms with Crippen molar-refractivity contribution in [2.45, 2.75) is 25.2 Å². The standard InChI is InChI=1S/C21H18F6N6O/c22-20(23,24)14-9-15(21(25,26)27)11-16(10-14)29-19(34)13-3-1-7-32(12-13)17-4-5-18(31-30-17)33-8-2-6-28-33/h2,4-6,8-11,13H,1,3,7,12H2,(H,29,34)/t13-/m1/s1. The zero-order valence-corrected chi connectivity index (χ0v) is 17.4. The number of carbonyl (C=O) groups excluding carboxylic acids is 1. The van der Waals surface area contributed by atoms with Crippen LogP contribution in [0.1, 0.15) is 24.0 Å². The number of nitrogens with one attached hydrogen (secondary N) is 1. The smallest absolute Gasteiger partial charge is 0.354 e. The zero-order valence-electron chi connectivity index (χ0n) is 17.4. The molecule has 2 aromatic heterocycles. The first kappa shape index (κ1) is 23.5. The lowest BCUT2D eigenvalue weighted by Crippen LogP contribution is -2.41. The van der Waals surface area contributed by atoms with Crippen molar-refractivity contribution in [2.75, 3.05) is 23.3 Å². The Morgan fingerprint density at radius 3 is 2.18 bits per heavy atom. The number of benzene rings is 1. The fraction of sp³-hybridized carbons (Fsp3) is 0.333. The van der Waals surface area contributed by atoms with Crippen LogP contribution in [-0.4, -0.2) is 39.0 Å². The number of hydrogen-bond donors (Lipinski definition) is 1. The second kappa shape index (κ2) is 8.95. The monoisotopic (exact) mass is 484 g/mol. The molecule has 1 saturated heterocycles. The summed E-state index contributed by atoms with van der Waals surface area (Å²) < 4.78 is 80.0. The van der Waals surface area contributed by atoms with Gasteiger partial charge in [-0.3, -0.25) is 4.79 Å². The molecule has 1 amide bonds. The lowest BCUT2D eigenvalue weighted by Gasteiger charge is -2.32. The van der Waals surface area contributed by atoms with Crippen molar-refractivity contribution in [1.82, 2.24) is 20.0 Å². The van der Waals surface area contributed by atoms with E-state index >= 15 is 0 Å². The molecule has 4 rings (SSSR count). The first-order chi connectivity index (χ1) is 16.0. The van der Waals surface area contributed by atoms with E-state index in [4.69, 9.17) is 0 Å². The van der Waals surface area contributed by atoms with E-state index in [0.29, 0.717) is 43.2 Å². The molecule has 0 spiro atoms. The number of anilines is 2. The third kappa shape index (κ3) is 5.29.